The average molecular weight is 226 g/mol. The number of anilines is 2. The maximum absolute atomic E-state index is 5.66. The average Bonchev–Trinajstić information content (AvgIpc) is 2.47. The molecule has 0 spiro atoms. The van der Waals surface area contributed by atoms with Crippen LogP contribution in [0, 0.1) is 0 Å². The molecule has 2 rings (SSSR count). The molecule has 2 N–H and O–H groups in total. The molecule has 1 fully saturated rings. The van der Waals surface area contributed by atoms with Gasteiger partial charge in [-0.25, -0.2) is 0 Å². The predicted molar refractivity (Wildman–Crippen MR) is 68.0 cm³/mol. The van der Waals surface area contributed by atoms with Gasteiger partial charge in [-0.15, -0.1) is 0 Å². The third-order valence-electron chi connectivity index (χ3n) is 2.23. The van der Waals surface area contributed by atoms with Crippen LogP contribution in [0.2, 0.25) is 0 Å². The van der Waals surface area contributed by atoms with Crippen LogP contribution in [0.4, 0.5) is 11.4 Å². The van der Waals surface area contributed by atoms with Crippen molar-refractivity contribution in [3.63, 3.8) is 0 Å². The van der Waals surface area contributed by atoms with Crippen molar-refractivity contribution >= 4 is 33.0 Å². The fraction of sp³-hybridized carbons (Fsp3) is 0.400. The third-order valence-corrected chi connectivity index (χ3v) is 4.60. The molecule has 1 saturated heterocycles. The standard InChI is InChI=1S/C10H14N2S2/c11-9-1-3-10(4-2-9)12-5-7-13-14-8-6-12/h1-4H,5-8,11H2. The van der Waals surface area contributed by atoms with Crippen molar-refractivity contribution in [1.29, 1.82) is 0 Å². The van der Waals surface area contributed by atoms with Crippen molar-refractivity contribution in [3.8, 4) is 0 Å². The fourth-order valence-electron chi connectivity index (χ4n) is 1.47. The van der Waals surface area contributed by atoms with Crippen LogP contribution in [-0.2, 0) is 0 Å². The van der Waals surface area contributed by atoms with Crippen LogP contribution in [-0.4, -0.2) is 24.6 Å². The van der Waals surface area contributed by atoms with Gasteiger partial charge < -0.3 is 10.6 Å². The Morgan fingerprint density at radius 2 is 1.57 bits per heavy atom. The Hall–Kier alpha value is -0.480. The first-order valence-electron chi connectivity index (χ1n) is 4.71. The Bertz CT molecular complexity index is 279. The van der Waals surface area contributed by atoms with Gasteiger partial charge in [0.2, 0.25) is 0 Å². The highest BCUT2D eigenvalue weighted by atomic mass is 33.1. The normalized spacial score (nSPS) is 17.9. The van der Waals surface area contributed by atoms with E-state index in [9.17, 15) is 0 Å². The lowest BCUT2D eigenvalue weighted by Gasteiger charge is -2.21. The van der Waals surface area contributed by atoms with Gasteiger partial charge >= 0.3 is 0 Å². The van der Waals surface area contributed by atoms with Gasteiger partial charge in [0.15, 0.2) is 0 Å². The van der Waals surface area contributed by atoms with Crippen molar-refractivity contribution < 1.29 is 0 Å². The quantitative estimate of drug-likeness (QED) is 0.588. The molecule has 0 radical (unpaired) electrons. The molecular formula is C10H14N2S2. The summed E-state index contributed by atoms with van der Waals surface area (Å²) in [5, 5.41) is 0. The summed E-state index contributed by atoms with van der Waals surface area (Å²) in [6, 6.07) is 8.16. The van der Waals surface area contributed by atoms with E-state index in [1.165, 1.54) is 17.2 Å². The highest BCUT2D eigenvalue weighted by Crippen LogP contribution is 2.26. The SMILES string of the molecule is Nc1ccc(N2CCSSCC2)cc1. The molecule has 14 heavy (non-hydrogen) atoms. The molecule has 0 bridgehead atoms. The fourth-order valence-corrected chi connectivity index (χ4v) is 3.45. The lowest BCUT2D eigenvalue weighted by molar-refractivity contribution is 0.884. The minimum Gasteiger partial charge on any atom is -0.399 e. The van der Waals surface area contributed by atoms with Crippen LogP contribution in [0.15, 0.2) is 24.3 Å². The van der Waals surface area contributed by atoms with E-state index in [0.717, 1.165) is 18.8 Å². The highest BCUT2D eigenvalue weighted by Gasteiger charge is 2.09. The van der Waals surface area contributed by atoms with E-state index in [1.54, 1.807) is 0 Å². The number of benzene rings is 1. The second-order valence-corrected chi connectivity index (χ2v) is 5.92. The summed E-state index contributed by atoms with van der Waals surface area (Å²) in [5.74, 6) is 2.41. The molecule has 2 nitrogen and oxygen atoms in total. The molecule has 4 heteroatoms. The summed E-state index contributed by atoms with van der Waals surface area (Å²) >= 11 is 0. The molecule has 0 saturated carbocycles. The van der Waals surface area contributed by atoms with Gasteiger partial charge in [0.1, 0.15) is 0 Å². The summed E-state index contributed by atoms with van der Waals surface area (Å²) in [4.78, 5) is 2.42. The second kappa shape index (κ2) is 4.84. The van der Waals surface area contributed by atoms with Crippen LogP contribution in [0.25, 0.3) is 0 Å². The first-order valence-corrected chi connectivity index (χ1v) is 7.20. The van der Waals surface area contributed by atoms with Crippen LogP contribution in [0.1, 0.15) is 0 Å². The van der Waals surface area contributed by atoms with Crippen LogP contribution in [0.3, 0.4) is 0 Å². The van der Waals surface area contributed by atoms with Crippen molar-refractivity contribution in [1.82, 2.24) is 0 Å². The maximum atomic E-state index is 5.66. The van der Waals surface area contributed by atoms with Gasteiger partial charge in [0.25, 0.3) is 0 Å². The van der Waals surface area contributed by atoms with Crippen LogP contribution in [0.5, 0.6) is 0 Å². The van der Waals surface area contributed by atoms with Gasteiger partial charge in [0.05, 0.1) is 0 Å². The number of rotatable bonds is 1. The van der Waals surface area contributed by atoms with Gasteiger partial charge in [0, 0.05) is 36.0 Å². The van der Waals surface area contributed by atoms with Gasteiger partial charge in [-0.05, 0) is 24.3 Å². The third kappa shape index (κ3) is 2.51. The Labute approximate surface area is 92.6 Å². The summed E-state index contributed by atoms with van der Waals surface area (Å²) < 4.78 is 0. The van der Waals surface area contributed by atoms with Crippen molar-refractivity contribution in [3.05, 3.63) is 24.3 Å². The van der Waals surface area contributed by atoms with E-state index in [4.69, 9.17) is 5.73 Å². The Kier molecular flexibility index (Phi) is 3.48. The smallest absolute Gasteiger partial charge is 0.0368 e. The molecule has 0 aliphatic carbocycles. The molecule has 0 amide bonds. The lowest BCUT2D eigenvalue weighted by Crippen LogP contribution is -2.26. The summed E-state index contributed by atoms with van der Waals surface area (Å²) in [5.41, 5.74) is 7.79. The van der Waals surface area contributed by atoms with E-state index in [2.05, 4.69) is 17.0 Å². The number of hydrogen-bond acceptors (Lipinski definition) is 4. The Morgan fingerprint density at radius 1 is 1.00 bits per heavy atom. The monoisotopic (exact) mass is 226 g/mol. The zero-order valence-corrected chi connectivity index (χ0v) is 9.61. The van der Waals surface area contributed by atoms with E-state index < -0.39 is 0 Å². The molecule has 76 valence electrons. The Morgan fingerprint density at radius 3 is 2.14 bits per heavy atom. The molecule has 1 aliphatic rings. The van der Waals surface area contributed by atoms with E-state index in [-0.39, 0.29) is 0 Å². The topological polar surface area (TPSA) is 29.3 Å². The molecule has 0 atom stereocenters. The number of hydrogen-bond donors (Lipinski definition) is 1. The summed E-state index contributed by atoms with van der Waals surface area (Å²) in [6.07, 6.45) is 0. The molecular weight excluding hydrogens is 212 g/mol. The number of nitrogen functional groups attached to an aromatic ring is 1. The molecule has 1 aromatic rings. The molecule has 1 aliphatic heterocycles. The van der Waals surface area contributed by atoms with Crippen LogP contribution >= 0.6 is 21.6 Å². The van der Waals surface area contributed by atoms with Gasteiger partial charge in [-0.2, -0.15) is 0 Å². The van der Waals surface area contributed by atoms with E-state index in [0.29, 0.717) is 0 Å². The molecule has 0 aromatic heterocycles. The first kappa shape index (κ1) is 10.1. The predicted octanol–water partition coefficient (Wildman–Crippen LogP) is 2.47. The van der Waals surface area contributed by atoms with Crippen molar-refractivity contribution in [2.45, 2.75) is 0 Å². The molecule has 1 heterocycles. The first-order chi connectivity index (χ1) is 6.86. The lowest BCUT2D eigenvalue weighted by atomic mass is 10.2. The van der Waals surface area contributed by atoms with Gasteiger partial charge in [-0.1, -0.05) is 21.6 Å². The second-order valence-electron chi connectivity index (χ2n) is 3.22. The zero-order chi connectivity index (χ0) is 9.80. The van der Waals surface area contributed by atoms with Crippen molar-refractivity contribution in [2.75, 3.05) is 35.2 Å². The van der Waals surface area contributed by atoms with Crippen molar-refractivity contribution in [2.24, 2.45) is 0 Å². The molecule has 1 aromatic carbocycles. The minimum absolute atomic E-state index is 0.840. The number of nitrogens with two attached hydrogens (primary N) is 1. The number of nitrogens with zero attached hydrogens (tertiary/aromatic N) is 1. The van der Waals surface area contributed by atoms with E-state index in [1.807, 2.05) is 33.7 Å². The highest BCUT2D eigenvalue weighted by molar-refractivity contribution is 8.76. The van der Waals surface area contributed by atoms with Gasteiger partial charge in [-0.3, -0.25) is 0 Å². The largest absolute Gasteiger partial charge is 0.399 e. The maximum Gasteiger partial charge on any atom is 0.0368 e. The summed E-state index contributed by atoms with van der Waals surface area (Å²) in [7, 11) is 3.94. The summed E-state index contributed by atoms with van der Waals surface area (Å²) in [6.45, 7) is 2.28. The van der Waals surface area contributed by atoms with E-state index >= 15 is 0 Å². The minimum atomic E-state index is 0.840. The Balaban J connectivity index is 2.08. The zero-order valence-electron chi connectivity index (χ0n) is 7.98. The molecule has 0 unspecified atom stereocenters. The van der Waals surface area contributed by atoms with Crippen LogP contribution < -0.4 is 10.6 Å².